The third kappa shape index (κ3) is 2.03. The standard InChI is InChI=1S/C13H17ClN2O/c14-9-1-2-12-10(7-9)11(15)8-13(17-12)3-5-16-6-4-13/h1-2,7,11,16H,3-6,8,15H2/t11-/m1/s1. The predicted octanol–water partition coefficient (Wildman–Crippen LogP) is 2.24. The number of ether oxygens (including phenoxy) is 1. The normalized spacial score (nSPS) is 26.4. The molecule has 4 heteroatoms. The summed E-state index contributed by atoms with van der Waals surface area (Å²) in [4.78, 5) is 0. The molecular weight excluding hydrogens is 236 g/mol. The molecule has 1 aromatic carbocycles. The van der Waals surface area contributed by atoms with Gasteiger partial charge < -0.3 is 15.8 Å². The van der Waals surface area contributed by atoms with Gasteiger partial charge in [0.1, 0.15) is 11.4 Å². The number of nitrogens with two attached hydrogens (primary N) is 1. The fourth-order valence-electron chi connectivity index (χ4n) is 2.88. The zero-order valence-corrected chi connectivity index (χ0v) is 10.5. The molecule has 92 valence electrons. The van der Waals surface area contributed by atoms with Gasteiger partial charge in [0, 0.05) is 23.0 Å². The summed E-state index contributed by atoms with van der Waals surface area (Å²) in [6.07, 6.45) is 2.95. The van der Waals surface area contributed by atoms with E-state index in [1.807, 2.05) is 18.2 Å². The molecule has 2 aliphatic heterocycles. The van der Waals surface area contributed by atoms with Gasteiger partial charge in [-0.15, -0.1) is 0 Å². The minimum absolute atomic E-state index is 0.0375. The molecule has 1 saturated heterocycles. The summed E-state index contributed by atoms with van der Waals surface area (Å²) in [5, 5.41) is 4.09. The number of halogens is 1. The highest BCUT2D eigenvalue weighted by Crippen LogP contribution is 2.43. The molecule has 1 spiro atoms. The van der Waals surface area contributed by atoms with Crippen molar-refractivity contribution in [3.8, 4) is 5.75 Å². The topological polar surface area (TPSA) is 47.3 Å². The Hall–Kier alpha value is -0.770. The zero-order chi connectivity index (χ0) is 11.9. The van der Waals surface area contributed by atoms with Crippen molar-refractivity contribution in [2.45, 2.75) is 30.9 Å². The fraction of sp³-hybridized carbons (Fsp3) is 0.538. The number of rotatable bonds is 0. The molecule has 0 bridgehead atoms. The van der Waals surface area contributed by atoms with E-state index in [1.165, 1.54) is 0 Å². The Morgan fingerprint density at radius 3 is 2.88 bits per heavy atom. The summed E-state index contributed by atoms with van der Waals surface area (Å²) in [5.41, 5.74) is 7.24. The van der Waals surface area contributed by atoms with Crippen molar-refractivity contribution in [3.63, 3.8) is 0 Å². The van der Waals surface area contributed by atoms with E-state index >= 15 is 0 Å². The van der Waals surface area contributed by atoms with Crippen LogP contribution >= 0.6 is 11.6 Å². The fourth-order valence-corrected chi connectivity index (χ4v) is 3.06. The van der Waals surface area contributed by atoms with Crippen molar-refractivity contribution in [2.75, 3.05) is 13.1 Å². The minimum Gasteiger partial charge on any atom is -0.487 e. The Morgan fingerprint density at radius 1 is 1.35 bits per heavy atom. The van der Waals surface area contributed by atoms with Crippen LogP contribution in [0.5, 0.6) is 5.75 Å². The van der Waals surface area contributed by atoms with Gasteiger partial charge in [-0.25, -0.2) is 0 Å². The smallest absolute Gasteiger partial charge is 0.125 e. The van der Waals surface area contributed by atoms with Gasteiger partial charge in [-0.1, -0.05) is 11.6 Å². The molecule has 2 heterocycles. The van der Waals surface area contributed by atoms with E-state index in [-0.39, 0.29) is 11.6 Å². The van der Waals surface area contributed by atoms with E-state index in [0.29, 0.717) is 0 Å². The highest BCUT2D eigenvalue weighted by Gasteiger charge is 2.40. The van der Waals surface area contributed by atoms with Crippen LogP contribution in [-0.4, -0.2) is 18.7 Å². The van der Waals surface area contributed by atoms with Crippen molar-refractivity contribution >= 4 is 11.6 Å². The van der Waals surface area contributed by atoms with Crippen molar-refractivity contribution in [1.29, 1.82) is 0 Å². The molecule has 1 fully saturated rings. The number of piperidine rings is 1. The Morgan fingerprint density at radius 2 is 2.12 bits per heavy atom. The first kappa shape index (κ1) is 11.3. The maximum atomic E-state index is 6.26. The lowest BCUT2D eigenvalue weighted by atomic mass is 9.81. The summed E-state index contributed by atoms with van der Waals surface area (Å²) in [6, 6.07) is 5.78. The largest absolute Gasteiger partial charge is 0.487 e. The van der Waals surface area contributed by atoms with E-state index in [4.69, 9.17) is 22.1 Å². The minimum atomic E-state index is -0.0640. The first-order chi connectivity index (χ1) is 8.19. The van der Waals surface area contributed by atoms with Crippen molar-refractivity contribution in [3.05, 3.63) is 28.8 Å². The Kier molecular flexibility index (Phi) is 2.77. The van der Waals surface area contributed by atoms with E-state index in [0.717, 1.165) is 48.7 Å². The van der Waals surface area contributed by atoms with Crippen LogP contribution in [0.15, 0.2) is 18.2 Å². The second-order valence-electron chi connectivity index (χ2n) is 5.03. The maximum Gasteiger partial charge on any atom is 0.125 e. The van der Waals surface area contributed by atoms with Crippen LogP contribution in [0.1, 0.15) is 30.9 Å². The molecule has 1 atom stereocenters. The quantitative estimate of drug-likeness (QED) is 0.745. The predicted molar refractivity (Wildman–Crippen MR) is 68.5 cm³/mol. The van der Waals surface area contributed by atoms with Gasteiger partial charge in [-0.3, -0.25) is 0 Å². The average Bonchev–Trinajstić information content (AvgIpc) is 2.31. The molecule has 17 heavy (non-hydrogen) atoms. The van der Waals surface area contributed by atoms with E-state index < -0.39 is 0 Å². The van der Waals surface area contributed by atoms with Crippen LogP contribution in [0, 0.1) is 0 Å². The molecule has 0 aromatic heterocycles. The molecular formula is C13H17ClN2O. The third-order valence-corrected chi connectivity index (χ3v) is 4.04. The van der Waals surface area contributed by atoms with Crippen LogP contribution in [0.25, 0.3) is 0 Å². The third-order valence-electron chi connectivity index (χ3n) is 3.80. The lowest BCUT2D eigenvalue weighted by Gasteiger charge is -2.43. The van der Waals surface area contributed by atoms with Crippen LogP contribution in [0.3, 0.4) is 0 Å². The van der Waals surface area contributed by atoms with Gasteiger partial charge >= 0.3 is 0 Å². The number of benzene rings is 1. The molecule has 3 N–H and O–H groups in total. The molecule has 0 aliphatic carbocycles. The number of hydrogen-bond donors (Lipinski definition) is 2. The van der Waals surface area contributed by atoms with E-state index in [1.54, 1.807) is 0 Å². The molecule has 0 amide bonds. The van der Waals surface area contributed by atoms with E-state index in [2.05, 4.69) is 5.32 Å². The Balaban J connectivity index is 1.94. The van der Waals surface area contributed by atoms with Crippen molar-refractivity contribution < 1.29 is 4.74 Å². The van der Waals surface area contributed by atoms with Gasteiger partial charge in [0.2, 0.25) is 0 Å². The Labute approximate surface area is 106 Å². The van der Waals surface area contributed by atoms with Gasteiger partial charge in [0.15, 0.2) is 0 Å². The zero-order valence-electron chi connectivity index (χ0n) is 9.71. The van der Waals surface area contributed by atoms with Crippen molar-refractivity contribution in [1.82, 2.24) is 5.32 Å². The van der Waals surface area contributed by atoms with Gasteiger partial charge in [0.05, 0.1) is 0 Å². The number of hydrogen-bond acceptors (Lipinski definition) is 3. The first-order valence-corrected chi connectivity index (χ1v) is 6.51. The second kappa shape index (κ2) is 4.16. The maximum absolute atomic E-state index is 6.26. The summed E-state index contributed by atoms with van der Waals surface area (Å²) >= 11 is 6.00. The summed E-state index contributed by atoms with van der Waals surface area (Å²) < 4.78 is 6.21. The van der Waals surface area contributed by atoms with Gasteiger partial charge in [-0.05, 0) is 44.1 Å². The summed E-state index contributed by atoms with van der Waals surface area (Å²) in [6.45, 7) is 2.02. The average molecular weight is 253 g/mol. The highest BCUT2D eigenvalue weighted by atomic mass is 35.5. The second-order valence-corrected chi connectivity index (χ2v) is 5.46. The van der Waals surface area contributed by atoms with Crippen LogP contribution < -0.4 is 15.8 Å². The SMILES string of the molecule is N[C@@H]1CC2(CCNCC2)Oc2ccc(Cl)cc21. The summed E-state index contributed by atoms with van der Waals surface area (Å²) in [7, 11) is 0. The molecule has 0 unspecified atom stereocenters. The lowest BCUT2D eigenvalue weighted by Crippen LogP contribution is -2.50. The van der Waals surface area contributed by atoms with Crippen LogP contribution in [0.4, 0.5) is 0 Å². The monoisotopic (exact) mass is 252 g/mol. The van der Waals surface area contributed by atoms with Gasteiger partial charge in [-0.2, -0.15) is 0 Å². The lowest BCUT2D eigenvalue weighted by molar-refractivity contribution is 0.00793. The van der Waals surface area contributed by atoms with Crippen LogP contribution in [-0.2, 0) is 0 Å². The summed E-state index contributed by atoms with van der Waals surface area (Å²) in [5.74, 6) is 0.912. The molecule has 0 radical (unpaired) electrons. The molecule has 1 aromatic rings. The van der Waals surface area contributed by atoms with Crippen molar-refractivity contribution in [2.24, 2.45) is 5.73 Å². The molecule has 2 aliphatic rings. The molecule has 3 nitrogen and oxygen atoms in total. The number of fused-ring (bicyclic) bond motifs is 1. The first-order valence-electron chi connectivity index (χ1n) is 6.13. The molecule has 0 saturated carbocycles. The van der Waals surface area contributed by atoms with E-state index in [9.17, 15) is 0 Å². The van der Waals surface area contributed by atoms with Crippen LogP contribution in [0.2, 0.25) is 5.02 Å². The Bertz CT molecular complexity index is 429. The molecule has 3 rings (SSSR count). The highest BCUT2D eigenvalue weighted by molar-refractivity contribution is 6.30. The van der Waals surface area contributed by atoms with Gasteiger partial charge in [0.25, 0.3) is 0 Å². The number of nitrogens with one attached hydrogen (secondary N) is 1.